The number of H-pyrrole nitrogens is 1. The number of pyridine rings is 1. The first-order valence-electron chi connectivity index (χ1n) is 22.7. The fourth-order valence-corrected chi connectivity index (χ4v) is 7.91. The number of para-hydroxylation sites is 4. The summed E-state index contributed by atoms with van der Waals surface area (Å²) in [6.07, 6.45) is 22.4. The molecule has 0 aliphatic heterocycles. The van der Waals surface area contributed by atoms with Crippen molar-refractivity contribution in [3.05, 3.63) is 87.8 Å². The topological polar surface area (TPSA) is 135 Å². The van der Waals surface area contributed by atoms with E-state index in [0.717, 1.165) is 115 Å². The fraction of sp³-hybridized carbons (Fsp3) is 0.469. The fourth-order valence-electron chi connectivity index (χ4n) is 7.91. The predicted molar refractivity (Wildman–Crippen MR) is 248 cm³/mol. The van der Waals surface area contributed by atoms with Crippen molar-refractivity contribution in [3.63, 3.8) is 0 Å². The van der Waals surface area contributed by atoms with Gasteiger partial charge in [0.25, 0.3) is 5.56 Å². The van der Waals surface area contributed by atoms with Crippen LogP contribution in [0.2, 0.25) is 0 Å². The van der Waals surface area contributed by atoms with Gasteiger partial charge in [0.2, 0.25) is 5.95 Å². The Labute approximate surface area is 355 Å². The summed E-state index contributed by atoms with van der Waals surface area (Å²) < 4.78 is 4.64. The molecule has 3 N–H and O–H groups in total. The number of aromatic nitrogens is 7. The third kappa shape index (κ3) is 11.8. The molecule has 0 unspecified atom stereocenters. The first kappa shape index (κ1) is 44.0. The molecule has 2 aromatic carbocycles. The van der Waals surface area contributed by atoms with E-state index in [1.165, 1.54) is 51.4 Å². The summed E-state index contributed by atoms with van der Waals surface area (Å²) in [5.41, 5.74) is 6.97. The molecule has 0 bridgehead atoms. The second-order valence-corrected chi connectivity index (χ2v) is 16.1. The van der Waals surface area contributed by atoms with E-state index in [-0.39, 0.29) is 12.0 Å². The van der Waals surface area contributed by atoms with Gasteiger partial charge in [-0.15, -0.1) is 0 Å². The van der Waals surface area contributed by atoms with Crippen LogP contribution < -0.4 is 16.2 Å². The highest BCUT2D eigenvalue weighted by Gasteiger charge is 2.19. The Morgan fingerprint density at radius 1 is 0.633 bits per heavy atom. The number of amides is 2. The maximum atomic E-state index is 13.4. The van der Waals surface area contributed by atoms with Gasteiger partial charge in [0.1, 0.15) is 11.4 Å². The molecule has 4 heterocycles. The van der Waals surface area contributed by atoms with Crippen LogP contribution in [0.1, 0.15) is 140 Å². The summed E-state index contributed by atoms with van der Waals surface area (Å²) in [5.74, 6) is 1.74. The molecule has 60 heavy (non-hydrogen) atoms. The smallest absolute Gasteiger partial charge is 0.321 e. The van der Waals surface area contributed by atoms with E-state index in [1.807, 2.05) is 25.1 Å². The van der Waals surface area contributed by atoms with Gasteiger partial charge in [0.15, 0.2) is 11.6 Å². The van der Waals surface area contributed by atoms with Crippen LogP contribution in [-0.4, -0.2) is 46.6 Å². The van der Waals surface area contributed by atoms with Crippen molar-refractivity contribution >= 4 is 46.2 Å². The molecule has 0 atom stereocenters. The Balaban J connectivity index is 1.37. The highest BCUT2D eigenvalue weighted by atomic mass is 16.2. The number of aryl methyl sites for hydroxylation is 3. The van der Waals surface area contributed by atoms with E-state index in [0.29, 0.717) is 17.8 Å². The van der Waals surface area contributed by atoms with E-state index < -0.39 is 5.56 Å². The summed E-state index contributed by atoms with van der Waals surface area (Å²) in [7, 11) is 0. The van der Waals surface area contributed by atoms with Crippen LogP contribution in [0.5, 0.6) is 0 Å². The minimum Gasteiger partial charge on any atom is -0.338 e. The Hall–Kier alpha value is -5.58. The minimum absolute atomic E-state index is 0.114. The number of hydrogen-bond acceptors (Lipinski definition) is 6. The second kappa shape index (κ2) is 22.7. The number of carbonyl (C=O) groups is 1. The van der Waals surface area contributed by atoms with Crippen LogP contribution in [0.25, 0.3) is 57.3 Å². The number of fused-ring (bicyclic) bond motifs is 2. The van der Waals surface area contributed by atoms with Gasteiger partial charge in [0, 0.05) is 25.3 Å². The van der Waals surface area contributed by atoms with Crippen molar-refractivity contribution in [1.29, 1.82) is 0 Å². The van der Waals surface area contributed by atoms with E-state index in [2.05, 4.69) is 99.0 Å². The summed E-state index contributed by atoms with van der Waals surface area (Å²) in [5, 5.41) is 5.53. The van der Waals surface area contributed by atoms with E-state index in [1.54, 1.807) is 6.08 Å². The van der Waals surface area contributed by atoms with Gasteiger partial charge in [-0.25, -0.2) is 19.7 Å². The van der Waals surface area contributed by atoms with Gasteiger partial charge in [-0.2, -0.15) is 4.98 Å². The van der Waals surface area contributed by atoms with Crippen molar-refractivity contribution in [2.45, 2.75) is 144 Å². The number of rotatable bonds is 24. The van der Waals surface area contributed by atoms with Gasteiger partial charge < -0.3 is 19.4 Å². The summed E-state index contributed by atoms with van der Waals surface area (Å²) >= 11 is 0. The van der Waals surface area contributed by atoms with Crippen LogP contribution in [0.15, 0.2) is 65.5 Å². The average molecular weight is 812 g/mol. The molecule has 0 radical (unpaired) electrons. The van der Waals surface area contributed by atoms with Gasteiger partial charge in [0.05, 0.1) is 27.6 Å². The lowest BCUT2D eigenvalue weighted by molar-refractivity contribution is 0.251. The second-order valence-electron chi connectivity index (χ2n) is 16.1. The Morgan fingerprint density at radius 3 is 1.67 bits per heavy atom. The third-order valence-electron chi connectivity index (χ3n) is 11.2. The lowest BCUT2D eigenvalue weighted by Crippen LogP contribution is -2.31. The number of imidazole rings is 2. The molecular formula is C49H65N9O2. The maximum Gasteiger partial charge on any atom is 0.321 e. The van der Waals surface area contributed by atoms with Crippen LogP contribution >= 0.6 is 0 Å². The Kier molecular flexibility index (Phi) is 16.6. The quantitative estimate of drug-likeness (QED) is 0.0521. The highest BCUT2D eigenvalue weighted by molar-refractivity contribution is 5.87. The number of anilines is 1. The van der Waals surface area contributed by atoms with Gasteiger partial charge in [-0.05, 0) is 74.2 Å². The molecule has 2 amide bonds. The normalized spacial score (nSPS) is 11.7. The summed E-state index contributed by atoms with van der Waals surface area (Å²) in [6.45, 7) is 10.7. The molecule has 318 valence electrons. The van der Waals surface area contributed by atoms with E-state index in [9.17, 15) is 9.59 Å². The molecule has 0 fully saturated rings. The zero-order valence-corrected chi connectivity index (χ0v) is 36.4. The predicted octanol–water partition coefficient (Wildman–Crippen LogP) is 12.1. The number of aromatic amines is 1. The first-order valence-corrected chi connectivity index (χ1v) is 22.7. The molecule has 0 aliphatic rings. The van der Waals surface area contributed by atoms with Crippen molar-refractivity contribution < 1.29 is 4.79 Å². The zero-order valence-electron chi connectivity index (χ0n) is 36.4. The number of unbranched alkanes of at least 4 members (excludes halogenated alkanes) is 13. The molecule has 11 nitrogen and oxygen atoms in total. The van der Waals surface area contributed by atoms with Crippen LogP contribution in [0, 0.1) is 6.92 Å². The largest absolute Gasteiger partial charge is 0.338 e. The molecule has 6 aromatic rings. The van der Waals surface area contributed by atoms with Crippen molar-refractivity contribution in [2.75, 3.05) is 11.9 Å². The van der Waals surface area contributed by atoms with Crippen LogP contribution in [0.4, 0.5) is 10.7 Å². The van der Waals surface area contributed by atoms with Crippen LogP contribution in [-0.2, 0) is 13.1 Å². The molecule has 4 aromatic heterocycles. The number of benzene rings is 2. The highest BCUT2D eigenvalue weighted by Crippen LogP contribution is 2.31. The molecular weight excluding hydrogens is 747 g/mol. The molecule has 0 saturated heterocycles. The van der Waals surface area contributed by atoms with Crippen molar-refractivity contribution in [3.8, 4) is 23.0 Å². The van der Waals surface area contributed by atoms with Crippen LogP contribution in [0.3, 0.4) is 0 Å². The monoisotopic (exact) mass is 812 g/mol. The van der Waals surface area contributed by atoms with Gasteiger partial charge in [-0.3, -0.25) is 10.1 Å². The lowest BCUT2D eigenvalue weighted by atomic mass is 10.1. The van der Waals surface area contributed by atoms with Crippen molar-refractivity contribution in [1.82, 2.24) is 39.4 Å². The van der Waals surface area contributed by atoms with E-state index in [4.69, 9.17) is 15.0 Å². The molecule has 0 spiro atoms. The molecule has 11 heteroatoms. The maximum absolute atomic E-state index is 13.4. The summed E-state index contributed by atoms with van der Waals surface area (Å²) in [6, 6.07) is 20.4. The molecule has 0 aliphatic carbocycles. The van der Waals surface area contributed by atoms with E-state index >= 15 is 0 Å². The third-order valence-corrected chi connectivity index (χ3v) is 11.2. The summed E-state index contributed by atoms with van der Waals surface area (Å²) in [4.78, 5) is 49.0. The van der Waals surface area contributed by atoms with Crippen molar-refractivity contribution in [2.24, 2.45) is 0 Å². The Morgan fingerprint density at radius 2 is 1.13 bits per heavy atom. The lowest BCUT2D eigenvalue weighted by Gasteiger charge is -2.13. The number of nitrogens with zero attached hydrogens (tertiary/aromatic N) is 6. The number of hydrogen-bond donors (Lipinski definition) is 3. The Bertz CT molecular complexity index is 2280. The standard InChI is InChI=1S/C49H65N9O2/c1-5-8-11-14-16-23-32-57-43-27-20-18-25-39(43)53-45(57)41-34-37(29-30-38-36(4)51-48(55-47(38)59)56-49(60)50-31-22-13-10-7-3)35-42(52-41)46-54-40-26-19-21-28-44(40)58(46)33-24-17-15-12-9-6-2/h18-21,25-30,34-35H,5-17,22-24,31-33H2,1-4H3,(H3,50,51,55,56,59,60)/b30-29+. The number of nitrogens with one attached hydrogen (secondary N) is 3. The number of carbonyl (C=O) groups excluding carboxylic acids is 1. The first-order chi connectivity index (χ1) is 29.4. The average Bonchev–Trinajstić information content (AvgIpc) is 3.81. The van der Waals surface area contributed by atoms with Gasteiger partial charge >= 0.3 is 6.03 Å². The zero-order chi connectivity index (χ0) is 42.1. The SMILES string of the molecule is CCCCCCCCn1c(-c2cc(/C=C/c3c(C)[nH]c(NC(=O)NCCCCCC)nc3=O)cc(-c3nc4ccccc4n3CCCCCCCC)n2)nc2ccccc21. The molecule has 0 saturated carbocycles. The number of urea groups is 1. The molecule has 6 rings (SSSR count). The van der Waals surface area contributed by atoms with Gasteiger partial charge in [-0.1, -0.05) is 135 Å². The minimum atomic E-state index is -0.434.